The van der Waals surface area contributed by atoms with Crippen molar-refractivity contribution in [2.45, 2.75) is 13.5 Å². The molecule has 1 heterocycles. The van der Waals surface area contributed by atoms with Gasteiger partial charge in [0.05, 0.1) is 12.1 Å². The quantitative estimate of drug-likeness (QED) is 0.648. The molecule has 8 heteroatoms. The van der Waals surface area contributed by atoms with Gasteiger partial charge < -0.3 is 15.2 Å². The third kappa shape index (κ3) is 3.70. The van der Waals surface area contributed by atoms with Crippen LogP contribution in [-0.4, -0.2) is 33.9 Å². The fourth-order valence-corrected chi connectivity index (χ4v) is 3.04. The molecule has 0 aliphatic rings. The van der Waals surface area contributed by atoms with E-state index in [2.05, 4.69) is 10.4 Å². The molecule has 0 saturated carbocycles. The summed E-state index contributed by atoms with van der Waals surface area (Å²) in [5.41, 5.74) is 1.12. The van der Waals surface area contributed by atoms with Gasteiger partial charge >= 0.3 is 5.97 Å². The number of carboxylic acids is 1. The highest BCUT2D eigenvalue weighted by molar-refractivity contribution is 6.33. The van der Waals surface area contributed by atoms with Crippen LogP contribution in [0.5, 0.6) is 5.75 Å². The predicted molar refractivity (Wildman–Crippen MR) is 106 cm³/mol. The average molecular weight is 400 g/mol. The second kappa shape index (κ2) is 8.14. The van der Waals surface area contributed by atoms with Crippen LogP contribution in [-0.2, 0) is 6.54 Å². The van der Waals surface area contributed by atoms with Crippen LogP contribution >= 0.6 is 11.6 Å². The third-order valence-corrected chi connectivity index (χ3v) is 4.48. The molecule has 2 N–H and O–H groups in total. The van der Waals surface area contributed by atoms with Crippen LogP contribution in [0.2, 0.25) is 5.02 Å². The normalized spacial score (nSPS) is 10.5. The Balaban J connectivity index is 2.12. The first kappa shape index (κ1) is 19.4. The maximum atomic E-state index is 12.8. The van der Waals surface area contributed by atoms with Gasteiger partial charge in [-0.3, -0.25) is 9.48 Å². The summed E-state index contributed by atoms with van der Waals surface area (Å²) in [6.07, 6.45) is 0. The van der Waals surface area contributed by atoms with E-state index in [1.165, 1.54) is 11.8 Å². The molecule has 0 aliphatic heterocycles. The minimum atomic E-state index is -1.20. The molecule has 3 rings (SSSR count). The van der Waals surface area contributed by atoms with E-state index in [-0.39, 0.29) is 11.4 Å². The lowest BCUT2D eigenvalue weighted by Gasteiger charge is -2.09. The molecule has 144 valence electrons. The Kier molecular flexibility index (Phi) is 5.65. The first-order valence-corrected chi connectivity index (χ1v) is 8.88. The Morgan fingerprint density at radius 3 is 2.61 bits per heavy atom. The number of carboxylic acid groups (broad SMARTS) is 1. The zero-order valence-corrected chi connectivity index (χ0v) is 16.0. The van der Waals surface area contributed by atoms with Crippen molar-refractivity contribution >= 4 is 29.2 Å². The van der Waals surface area contributed by atoms with E-state index in [1.807, 2.05) is 0 Å². The second-order valence-electron chi connectivity index (χ2n) is 5.86. The standard InChI is InChI=1S/C20H18ClN3O4/c1-3-24-18(20(26)27)17(16(23-24)14-9-4-5-10-15(14)21)22-19(25)12-7-6-8-13(11-12)28-2/h4-11H,3H2,1-2H3,(H,22,25)(H,26,27). The lowest BCUT2D eigenvalue weighted by molar-refractivity contribution is 0.0684. The minimum Gasteiger partial charge on any atom is -0.497 e. The van der Waals surface area contributed by atoms with Crippen molar-refractivity contribution in [1.29, 1.82) is 0 Å². The molecule has 7 nitrogen and oxygen atoms in total. The zero-order valence-electron chi connectivity index (χ0n) is 15.3. The van der Waals surface area contributed by atoms with Crippen LogP contribution in [0.25, 0.3) is 11.3 Å². The van der Waals surface area contributed by atoms with Gasteiger partial charge in [0, 0.05) is 17.7 Å². The number of nitrogens with zero attached hydrogens (tertiary/aromatic N) is 2. The number of halogens is 1. The second-order valence-corrected chi connectivity index (χ2v) is 6.27. The summed E-state index contributed by atoms with van der Waals surface area (Å²) in [6.45, 7) is 2.08. The SMILES string of the molecule is CCn1nc(-c2ccccc2Cl)c(NC(=O)c2cccc(OC)c2)c1C(=O)O. The molecular formula is C20H18ClN3O4. The van der Waals surface area contributed by atoms with Crippen molar-refractivity contribution in [3.05, 3.63) is 64.8 Å². The fourth-order valence-electron chi connectivity index (χ4n) is 2.82. The molecule has 1 amide bonds. The summed E-state index contributed by atoms with van der Waals surface area (Å²) in [5, 5.41) is 17.2. The van der Waals surface area contributed by atoms with E-state index in [0.717, 1.165) is 0 Å². The Bertz CT molecular complexity index is 1050. The van der Waals surface area contributed by atoms with Gasteiger partial charge in [0.25, 0.3) is 5.91 Å². The number of methoxy groups -OCH3 is 1. The highest BCUT2D eigenvalue weighted by atomic mass is 35.5. The number of hydrogen-bond donors (Lipinski definition) is 2. The van der Waals surface area contributed by atoms with Crippen molar-refractivity contribution in [3.8, 4) is 17.0 Å². The Morgan fingerprint density at radius 2 is 1.96 bits per heavy atom. The fraction of sp³-hybridized carbons (Fsp3) is 0.150. The molecular weight excluding hydrogens is 382 g/mol. The number of hydrogen-bond acceptors (Lipinski definition) is 4. The molecule has 2 aromatic carbocycles. The van der Waals surface area contributed by atoms with Crippen molar-refractivity contribution in [2.24, 2.45) is 0 Å². The Morgan fingerprint density at radius 1 is 1.21 bits per heavy atom. The largest absolute Gasteiger partial charge is 0.497 e. The summed E-state index contributed by atoms with van der Waals surface area (Å²) in [7, 11) is 1.50. The van der Waals surface area contributed by atoms with Crippen LogP contribution in [0.3, 0.4) is 0 Å². The monoisotopic (exact) mass is 399 g/mol. The Hall–Kier alpha value is -3.32. The van der Waals surface area contributed by atoms with Gasteiger partial charge in [-0.1, -0.05) is 35.9 Å². The van der Waals surface area contributed by atoms with Gasteiger partial charge in [0.15, 0.2) is 5.69 Å². The first-order valence-electron chi connectivity index (χ1n) is 8.50. The smallest absolute Gasteiger partial charge is 0.356 e. The predicted octanol–water partition coefficient (Wildman–Crippen LogP) is 4.18. The molecule has 0 spiro atoms. The molecule has 28 heavy (non-hydrogen) atoms. The number of nitrogens with one attached hydrogen (secondary N) is 1. The van der Waals surface area contributed by atoms with Gasteiger partial charge in [-0.2, -0.15) is 5.10 Å². The number of ether oxygens (including phenoxy) is 1. The van der Waals surface area contributed by atoms with Crippen molar-refractivity contribution in [3.63, 3.8) is 0 Å². The van der Waals surface area contributed by atoms with Crippen LogP contribution in [0, 0.1) is 0 Å². The van der Waals surface area contributed by atoms with Gasteiger partial charge in [0.2, 0.25) is 0 Å². The number of aryl methyl sites for hydroxylation is 1. The lowest BCUT2D eigenvalue weighted by Crippen LogP contribution is -2.16. The number of amides is 1. The highest BCUT2D eigenvalue weighted by Crippen LogP contribution is 2.35. The third-order valence-electron chi connectivity index (χ3n) is 4.15. The zero-order chi connectivity index (χ0) is 20.3. The lowest BCUT2D eigenvalue weighted by atomic mass is 10.1. The highest BCUT2D eigenvalue weighted by Gasteiger charge is 2.26. The average Bonchev–Trinajstić information content (AvgIpc) is 3.06. The molecule has 0 bridgehead atoms. The number of aromatic nitrogens is 2. The summed E-state index contributed by atoms with van der Waals surface area (Å²) in [5.74, 6) is -1.17. The number of anilines is 1. The summed E-state index contributed by atoms with van der Waals surface area (Å²) < 4.78 is 6.46. The van der Waals surface area contributed by atoms with Gasteiger partial charge in [0.1, 0.15) is 17.1 Å². The van der Waals surface area contributed by atoms with Gasteiger partial charge in [-0.05, 0) is 31.2 Å². The van der Waals surface area contributed by atoms with E-state index < -0.39 is 11.9 Å². The molecule has 3 aromatic rings. The molecule has 0 unspecified atom stereocenters. The molecule has 0 atom stereocenters. The van der Waals surface area contributed by atoms with E-state index >= 15 is 0 Å². The maximum absolute atomic E-state index is 12.8. The summed E-state index contributed by atoms with van der Waals surface area (Å²) >= 11 is 6.28. The van der Waals surface area contributed by atoms with E-state index in [1.54, 1.807) is 55.5 Å². The summed E-state index contributed by atoms with van der Waals surface area (Å²) in [6, 6.07) is 13.5. The van der Waals surface area contributed by atoms with Gasteiger partial charge in [-0.25, -0.2) is 4.79 Å². The minimum absolute atomic E-state index is 0.0928. The molecule has 0 aliphatic carbocycles. The number of rotatable bonds is 6. The topological polar surface area (TPSA) is 93.5 Å². The summed E-state index contributed by atoms with van der Waals surface area (Å²) in [4.78, 5) is 24.7. The van der Waals surface area contributed by atoms with Gasteiger partial charge in [-0.15, -0.1) is 0 Å². The first-order chi connectivity index (χ1) is 13.5. The number of carbonyl (C=O) groups is 2. The van der Waals surface area contributed by atoms with Crippen LogP contribution in [0.1, 0.15) is 27.8 Å². The number of benzene rings is 2. The van der Waals surface area contributed by atoms with Crippen molar-refractivity contribution in [2.75, 3.05) is 12.4 Å². The molecule has 0 saturated heterocycles. The van der Waals surface area contributed by atoms with Crippen LogP contribution in [0.4, 0.5) is 5.69 Å². The number of carbonyl (C=O) groups excluding carboxylic acids is 1. The van der Waals surface area contributed by atoms with Crippen molar-refractivity contribution < 1.29 is 19.4 Å². The van der Waals surface area contributed by atoms with E-state index in [9.17, 15) is 14.7 Å². The molecule has 1 aromatic heterocycles. The van der Waals surface area contributed by atoms with E-state index in [4.69, 9.17) is 16.3 Å². The van der Waals surface area contributed by atoms with Crippen LogP contribution < -0.4 is 10.1 Å². The van der Waals surface area contributed by atoms with E-state index in [0.29, 0.717) is 34.1 Å². The molecule has 0 radical (unpaired) electrons. The van der Waals surface area contributed by atoms with Crippen LogP contribution in [0.15, 0.2) is 48.5 Å². The Labute approximate surface area is 166 Å². The number of aromatic carboxylic acids is 1. The molecule has 0 fully saturated rings. The van der Waals surface area contributed by atoms with Crippen molar-refractivity contribution in [1.82, 2.24) is 9.78 Å². The maximum Gasteiger partial charge on any atom is 0.356 e.